The van der Waals surface area contributed by atoms with E-state index in [0.29, 0.717) is 0 Å². The first kappa shape index (κ1) is 13.9. The average molecular weight is 246 g/mol. The predicted octanol–water partition coefficient (Wildman–Crippen LogP) is 0.518. The molecule has 88 valence electrons. The molecule has 0 aliphatic heterocycles. The number of hydrogen-bond acceptors (Lipinski definition) is 5. The third kappa shape index (κ3) is 4.32. The van der Waals surface area contributed by atoms with Crippen LogP contribution in [-0.4, -0.2) is 30.8 Å². The lowest BCUT2D eigenvalue weighted by atomic mass is 10.4. The normalized spacial score (nSPS) is 12.3. The van der Waals surface area contributed by atoms with Gasteiger partial charge in [0.05, 0.1) is 0 Å². The third-order valence-corrected chi connectivity index (χ3v) is 1.96. The summed E-state index contributed by atoms with van der Waals surface area (Å²) in [7, 11) is -5.59. The van der Waals surface area contributed by atoms with Crippen molar-refractivity contribution >= 4 is 16.1 Å². The van der Waals surface area contributed by atoms with E-state index in [4.69, 9.17) is 4.55 Å². The SMILES string of the molecule is C=C(C)C(=O)OOCC(F)(F)S(=O)(=O)O. The lowest BCUT2D eigenvalue weighted by Crippen LogP contribution is -2.34. The van der Waals surface area contributed by atoms with Crippen molar-refractivity contribution in [2.24, 2.45) is 0 Å². The lowest BCUT2D eigenvalue weighted by molar-refractivity contribution is -0.285. The maximum Gasteiger partial charge on any atom is 0.396 e. The van der Waals surface area contributed by atoms with Crippen LogP contribution in [0.1, 0.15) is 6.92 Å². The Balaban J connectivity index is 4.19. The van der Waals surface area contributed by atoms with E-state index in [0.717, 1.165) is 0 Å². The second-order valence-corrected chi connectivity index (χ2v) is 4.07. The van der Waals surface area contributed by atoms with E-state index in [-0.39, 0.29) is 5.57 Å². The molecule has 1 N–H and O–H groups in total. The lowest BCUT2D eigenvalue weighted by Gasteiger charge is -2.11. The van der Waals surface area contributed by atoms with Crippen LogP contribution in [-0.2, 0) is 24.7 Å². The summed E-state index contributed by atoms with van der Waals surface area (Å²) in [6.07, 6.45) is 0. The standard InChI is InChI=1S/C6H8F2O6S/c1-4(2)5(9)14-13-3-6(7,8)15(10,11)12/h1,3H2,2H3,(H,10,11,12). The van der Waals surface area contributed by atoms with Crippen LogP contribution in [0.5, 0.6) is 0 Å². The number of carbonyl (C=O) groups excluding carboxylic acids is 1. The molecule has 0 spiro atoms. The molecule has 0 fully saturated rings. The van der Waals surface area contributed by atoms with Gasteiger partial charge >= 0.3 is 21.3 Å². The Morgan fingerprint density at radius 1 is 1.53 bits per heavy atom. The molecule has 0 aliphatic carbocycles. The monoisotopic (exact) mass is 246 g/mol. The van der Waals surface area contributed by atoms with Gasteiger partial charge in [0.1, 0.15) is 0 Å². The van der Waals surface area contributed by atoms with Crippen LogP contribution in [0, 0.1) is 0 Å². The van der Waals surface area contributed by atoms with Crippen LogP contribution < -0.4 is 0 Å². The highest BCUT2D eigenvalue weighted by molar-refractivity contribution is 7.86. The molecule has 9 heteroatoms. The van der Waals surface area contributed by atoms with Gasteiger partial charge in [-0.2, -0.15) is 22.1 Å². The summed E-state index contributed by atoms with van der Waals surface area (Å²) in [5, 5.41) is -4.54. The van der Waals surface area contributed by atoms with E-state index >= 15 is 0 Å². The molecule has 0 aromatic rings. The summed E-state index contributed by atoms with van der Waals surface area (Å²) >= 11 is 0. The van der Waals surface area contributed by atoms with Gasteiger partial charge in [0.15, 0.2) is 6.61 Å². The fourth-order valence-corrected chi connectivity index (χ4v) is 0.494. The summed E-state index contributed by atoms with van der Waals surface area (Å²) in [6.45, 7) is 2.54. The van der Waals surface area contributed by atoms with Crippen LogP contribution in [0.25, 0.3) is 0 Å². The highest BCUT2D eigenvalue weighted by Gasteiger charge is 2.45. The van der Waals surface area contributed by atoms with Gasteiger partial charge in [-0.1, -0.05) is 6.58 Å². The summed E-state index contributed by atoms with van der Waals surface area (Å²) in [5.74, 6) is -1.12. The van der Waals surface area contributed by atoms with Gasteiger partial charge in [0.2, 0.25) is 0 Å². The first-order valence-electron chi connectivity index (χ1n) is 3.42. The minimum atomic E-state index is -5.59. The van der Waals surface area contributed by atoms with Gasteiger partial charge in [0, 0.05) is 5.57 Å². The van der Waals surface area contributed by atoms with Crippen molar-refractivity contribution in [1.82, 2.24) is 0 Å². The zero-order chi connectivity index (χ0) is 12.3. The van der Waals surface area contributed by atoms with Gasteiger partial charge in [-0.25, -0.2) is 4.79 Å². The Kier molecular flexibility index (Phi) is 4.31. The second-order valence-electron chi connectivity index (χ2n) is 2.53. The van der Waals surface area contributed by atoms with E-state index in [1.54, 1.807) is 0 Å². The first-order valence-corrected chi connectivity index (χ1v) is 4.86. The van der Waals surface area contributed by atoms with Gasteiger partial charge in [-0.15, -0.1) is 0 Å². The number of rotatable bonds is 5. The molecule has 0 heterocycles. The Hall–Kier alpha value is -1.06. The Morgan fingerprint density at radius 2 is 2.00 bits per heavy atom. The van der Waals surface area contributed by atoms with E-state index in [9.17, 15) is 22.0 Å². The Morgan fingerprint density at radius 3 is 2.33 bits per heavy atom. The van der Waals surface area contributed by atoms with Crippen LogP contribution in [0.2, 0.25) is 0 Å². The summed E-state index contributed by atoms with van der Waals surface area (Å²) in [6, 6.07) is 0. The number of alkyl halides is 2. The van der Waals surface area contributed by atoms with E-state index in [2.05, 4.69) is 16.4 Å². The molecule has 0 rings (SSSR count). The van der Waals surface area contributed by atoms with Crippen molar-refractivity contribution in [3.63, 3.8) is 0 Å². The highest BCUT2D eigenvalue weighted by Crippen LogP contribution is 2.20. The molecule has 0 amide bonds. The van der Waals surface area contributed by atoms with Crippen molar-refractivity contribution in [2.45, 2.75) is 12.2 Å². The van der Waals surface area contributed by atoms with Gasteiger partial charge in [-0.3, -0.25) is 9.44 Å². The van der Waals surface area contributed by atoms with Crippen molar-refractivity contribution in [3.05, 3.63) is 12.2 Å². The number of hydrogen-bond donors (Lipinski definition) is 1. The first-order chi connectivity index (χ1) is 6.58. The smallest absolute Gasteiger partial charge is 0.293 e. The van der Waals surface area contributed by atoms with Crippen LogP contribution in [0.4, 0.5) is 8.78 Å². The molecule has 0 aliphatic rings. The van der Waals surface area contributed by atoms with Crippen molar-refractivity contribution in [2.75, 3.05) is 6.61 Å². The van der Waals surface area contributed by atoms with E-state index in [1.807, 2.05) is 0 Å². The fourth-order valence-electron chi connectivity index (χ4n) is 0.297. The summed E-state index contributed by atoms with van der Waals surface area (Å²) < 4.78 is 52.9. The molecule has 0 unspecified atom stereocenters. The Labute approximate surface area is 84.2 Å². The summed E-state index contributed by atoms with van der Waals surface area (Å²) in [5.41, 5.74) is -0.120. The van der Waals surface area contributed by atoms with Crippen LogP contribution >= 0.6 is 0 Å². The zero-order valence-electron chi connectivity index (χ0n) is 7.57. The third-order valence-electron chi connectivity index (χ3n) is 1.09. The molecule has 15 heavy (non-hydrogen) atoms. The largest absolute Gasteiger partial charge is 0.396 e. The molecule has 0 saturated heterocycles. The molecule has 0 saturated carbocycles. The predicted molar refractivity (Wildman–Crippen MR) is 43.4 cm³/mol. The van der Waals surface area contributed by atoms with Crippen LogP contribution in [0.3, 0.4) is 0 Å². The van der Waals surface area contributed by atoms with Crippen LogP contribution in [0.15, 0.2) is 12.2 Å². The van der Waals surface area contributed by atoms with Crippen molar-refractivity contribution in [1.29, 1.82) is 0 Å². The zero-order valence-corrected chi connectivity index (χ0v) is 8.38. The van der Waals surface area contributed by atoms with Crippen molar-refractivity contribution in [3.8, 4) is 0 Å². The quantitative estimate of drug-likeness (QED) is 0.329. The van der Waals surface area contributed by atoms with Gasteiger partial charge in [0.25, 0.3) is 0 Å². The van der Waals surface area contributed by atoms with E-state index in [1.165, 1.54) is 6.92 Å². The molecular weight excluding hydrogens is 238 g/mol. The molecule has 0 aromatic heterocycles. The fraction of sp³-hybridized carbons (Fsp3) is 0.500. The molecule has 0 bridgehead atoms. The topological polar surface area (TPSA) is 89.9 Å². The highest BCUT2D eigenvalue weighted by atomic mass is 32.2. The average Bonchev–Trinajstić information content (AvgIpc) is 2.01. The van der Waals surface area contributed by atoms with Crippen molar-refractivity contribution < 1.29 is 36.3 Å². The maximum atomic E-state index is 12.4. The molecule has 0 atom stereocenters. The molecular formula is C6H8F2O6S. The number of halogens is 2. The number of carbonyl (C=O) groups is 1. The molecule has 0 radical (unpaired) electrons. The van der Waals surface area contributed by atoms with Gasteiger partial charge in [-0.05, 0) is 6.92 Å². The second kappa shape index (κ2) is 4.64. The minimum absolute atomic E-state index is 0.120. The Bertz CT molecular complexity index is 360. The minimum Gasteiger partial charge on any atom is -0.293 e. The summed E-state index contributed by atoms with van der Waals surface area (Å²) in [4.78, 5) is 18.0. The molecule has 6 nitrogen and oxygen atoms in total. The van der Waals surface area contributed by atoms with E-state index < -0.39 is 27.9 Å². The molecule has 0 aromatic carbocycles. The van der Waals surface area contributed by atoms with Gasteiger partial charge < -0.3 is 0 Å². The maximum absolute atomic E-state index is 12.4.